The minimum atomic E-state index is -0.233. The third-order valence-electron chi connectivity index (χ3n) is 16.7. The molecule has 0 N–H and O–H groups in total. The van der Waals surface area contributed by atoms with E-state index in [-0.39, 0.29) is 5.41 Å². The number of aromatic nitrogens is 2. The van der Waals surface area contributed by atoms with E-state index in [0.29, 0.717) is 0 Å². The van der Waals surface area contributed by atoms with Crippen molar-refractivity contribution in [2.24, 2.45) is 0 Å². The van der Waals surface area contributed by atoms with Crippen molar-refractivity contribution in [3.05, 3.63) is 230 Å². The summed E-state index contributed by atoms with van der Waals surface area (Å²) in [4.78, 5) is 0. The van der Waals surface area contributed by atoms with Crippen molar-refractivity contribution >= 4 is 129 Å². The van der Waals surface area contributed by atoms with Gasteiger partial charge in [-0.05, 0) is 145 Å². The van der Waals surface area contributed by atoms with E-state index in [1.54, 1.807) is 0 Å². The molecule has 0 amide bonds. The van der Waals surface area contributed by atoms with Crippen LogP contribution in [0.1, 0.15) is 25.0 Å². The molecule has 4 heteroatoms. The molecular weight excluding hydrogens is 905 g/mol. The van der Waals surface area contributed by atoms with Gasteiger partial charge >= 0.3 is 0 Å². The van der Waals surface area contributed by atoms with Crippen molar-refractivity contribution in [3.63, 3.8) is 0 Å². The second-order valence-electron chi connectivity index (χ2n) is 20.7. The van der Waals surface area contributed by atoms with Gasteiger partial charge in [-0.1, -0.05) is 153 Å². The molecule has 0 unspecified atom stereocenters. The van der Waals surface area contributed by atoms with Gasteiger partial charge in [-0.3, -0.25) is 0 Å². The van der Waals surface area contributed by atoms with Gasteiger partial charge in [0.1, 0.15) is 5.58 Å². The summed E-state index contributed by atoms with van der Waals surface area (Å²) in [7, 11) is 0. The maximum Gasteiger partial charge on any atom is 0.159 e. The fraction of sp³-hybridized carbons (Fsp3) is 0.0435. The summed E-state index contributed by atoms with van der Waals surface area (Å²) in [6, 6.07) is 81.6. The highest BCUT2D eigenvalue weighted by Gasteiger charge is 2.37. The van der Waals surface area contributed by atoms with E-state index in [1.807, 2.05) is 17.4 Å². The van der Waals surface area contributed by atoms with Crippen LogP contribution in [0.5, 0.6) is 0 Å². The summed E-state index contributed by atoms with van der Waals surface area (Å²) < 4.78 is 14.2. The average Bonchev–Trinajstić information content (AvgIpc) is 4.23. The average molecular weight is 947 g/mol. The van der Waals surface area contributed by atoms with Crippen LogP contribution in [0, 0.1) is 0 Å². The zero-order valence-corrected chi connectivity index (χ0v) is 40.8. The fourth-order valence-corrected chi connectivity index (χ4v) is 14.5. The van der Waals surface area contributed by atoms with Crippen molar-refractivity contribution in [2.75, 3.05) is 0 Å². The molecule has 17 rings (SSSR count). The molecule has 73 heavy (non-hydrogen) atoms. The molecule has 1 aliphatic carbocycles. The monoisotopic (exact) mass is 946 g/mol. The smallest absolute Gasteiger partial charge is 0.159 e. The van der Waals surface area contributed by atoms with E-state index < -0.39 is 0 Å². The van der Waals surface area contributed by atoms with Crippen LogP contribution in [0.2, 0.25) is 0 Å². The minimum absolute atomic E-state index is 0.233. The summed E-state index contributed by atoms with van der Waals surface area (Å²) in [6.07, 6.45) is 0. The summed E-state index contributed by atoms with van der Waals surface area (Å²) >= 11 is 1.90. The third-order valence-corrected chi connectivity index (χ3v) is 17.9. The lowest BCUT2D eigenvalue weighted by Crippen LogP contribution is -2.15. The Bertz CT molecular complexity index is 5130. The lowest BCUT2D eigenvalue weighted by Gasteiger charge is -2.22. The second kappa shape index (κ2) is 14.1. The van der Waals surface area contributed by atoms with Crippen LogP contribution in [0.25, 0.3) is 152 Å². The van der Waals surface area contributed by atoms with Gasteiger partial charge in [0.15, 0.2) is 5.58 Å². The Morgan fingerprint density at radius 2 is 0.836 bits per heavy atom. The number of hydrogen-bond donors (Lipinski definition) is 0. The minimum Gasteiger partial charge on any atom is -0.454 e. The Kier molecular flexibility index (Phi) is 7.69. The molecule has 4 heterocycles. The fourth-order valence-electron chi connectivity index (χ4n) is 13.3. The Morgan fingerprint density at radius 3 is 1.56 bits per heavy atom. The first-order valence-corrected chi connectivity index (χ1v) is 26.1. The molecule has 0 spiro atoms. The number of benzene rings is 12. The molecule has 0 fully saturated rings. The zero-order valence-electron chi connectivity index (χ0n) is 40.0. The number of para-hydroxylation sites is 3. The van der Waals surface area contributed by atoms with E-state index in [9.17, 15) is 0 Å². The number of fused-ring (bicyclic) bond motifs is 21. The van der Waals surface area contributed by atoms with Crippen LogP contribution in [-0.4, -0.2) is 9.13 Å². The predicted octanol–water partition coefficient (Wildman–Crippen LogP) is 19.6. The molecular formula is C69H42N2OS. The molecule has 0 saturated carbocycles. The standard InChI is InChI=1S/C69H42N2OS/c1-69(2)57-36-51-44-18-6-4-16-42(44)41-15-3-5-17-43(41)50(51)35-52(57)53-38-64-56(37-58(53)69)55-34-40(30-32-61(55)71(64)63-26-14-23-49-47-21-9-12-28-66(47)73-68(49)63)39-29-31-60-54(33-39)45-19-7-10-24-59(45)70(60)62-25-13-22-48-46-20-8-11-27-65(46)72-67(48)62/h3-38H,1-2H3. The van der Waals surface area contributed by atoms with E-state index >= 15 is 0 Å². The number of thiophene rings is 1. The van der Waals surface area contributed by atoms with E-state index in [4.69, 9.17) is 4.42 Å². The summed E-state index contributed by atoms with van der Waals surface area (Å²) in [5.41, 5.74) is 16.4. The first kappa shape index (κ1) is 39.7. The molecule has 0 aliphatic heterocycles. The zero-order chi connectivity index (χ0) is 47.8. The molecule has 0 radical (unpaired) electrons. The van der Waals surface area contributed by atoms with Gasteiger partial charge < -0.3 is 13.6 Å². The van der Waals surface area contributed by atoms with E-state index in [2.05, 4.69) is 235 Å². The van der Waals surface area contributed by atoms with Crippen LogP contribution in [-0.2, 0) is 5.41 Å². The van der Waals surface area contributed by atoms with Gasteiger partial charge in [-0.15, -0.1) is 11.3 Å². The first-order valence-electron chi connectivity index (χ1n) is 25.3. The van der Waals surface area contributed by atoms with Gasteiger partial charge in [0.25, 0.3) is 0 Å². The Labute approximate surface area is 423 Å². The van der Waals surface area contributed by atoms with Crippen LogP contribution in [0.4, 0.5) is 0 Å². The van der Waals surface area contributed by atoms with Gasteiger partial charge in [0.05, 0.1) is 38.1 Å². The van der Waals surface area contributed by atoms with Crippen molar-refractivity contribution in [3.8, 4) is 33.6 Å². The van der Waals surface area contributed by atoms with Gasteiger partial charge in [0, 0.05) is 53.2 Å². The molecule has 0 saturated heterocycles. The predicted molar refractivity (Wildman–Crippen MR) is 311 cm³/mol. The molecule has 12 aromatic carbocycles. The molecule has 1 aliphatic rings. The van der Waals surface area contributed by atoms with Gasteiger partial charge in [0.2, 0.25) is 0 Å². The Hall–Kier alpha value is -8.96. The number of nitrogens with zero attached hydrogens (tertiary/aromatic N) is 2. The van der Waals surface area contributed by atoms with Gasteiger partial charge in [-0.25, -0.2) is 0 Å². The molecule has 3 nitrogen and oxygen atoms in total. The largest absolute Gasteiger partial charge is 0.454 e. The maximum absolute atomic E-state index is 6.63. The molecule has 0 atom stereocenters. The van der Waals surface area contributed by atoms with Crippen LogP contribution < -0.4 is 0 Å². The number of furan rings is 1. The van der Waals surface area contributed by atoms with E-state index in [0.717, 1.165) is 38.7 Å². The van der Waals surface area contributed by atoms with Crippen LogP contribution in [0.15, 0.2) is 223 Å². The van der Waals surface area contributed by atoms with Crippen molar-refractivity contribution < 1.29 is 4.42 Å². The highest BCUT2D eigenvalue weighted by molar-refractivity contribution is 7.26. The number of rotatable bonds is 3. The normalized spacial score (nSPS) is 13.5. The number of hydrogen-bond acceptors (Lipinski definition) is 2. The highest BCUT2D eigenvalue weighted by Crippen LogP contribution is 2.54. The Morgan fingerprint density at radius 1 is 0.342 bits per heavy atom. The molecule has 0 bridgehead atoms. The maximum atomic E-state index is 6.63. The summed E-state index contributed by atoms with van der Waals surface area (Å²) in [5, 5.41) is 17.7. The summed E-state index contributed by atoms with van der Waals surface area (Å²) in [5.74, 6) is 0. The van der Waals surface area contributed by atoms with Crippen molar-refractivity contribution in [1.82, 2.24) is 9.13 Å². The van der Waals surface area contributed by atoms with Crippen molar-refractivity contribution in [1.29, 1.82) is 0 Å². The molecule has 16 aromatic rings. The SMILES string of the molecule is CC1(C)c2cc3c4ccccc4c4ccccc4c3cc2-c2cc3c(cc21)c1cc(-c2ccc4c(c2)c2ccccc2n4-c2cccc4c2oc2ccccc24)ccc1n3-c1cccc2c1sc1ccccc12. The quantitative estimate of drug-likeness (QED) is 0.162. The Balaban J connectivity index is 0.916. The van der Waals surface area contributed by atoms with Gasteiger partial charge in [-0.2, -0.15) is 0 Å². The molecule has 340 valence electrons. The topological polar surface area (TPSA) is 23.0 Å². The van der Waals surface area contributed by atoms with Crippen LogP contribution >= 0.6 is 11.3 Å². The second-order valence-corrected chi connectivity index (χ2v) is 21.8. The van der Waals surface area contributed by atoms with E-state index in [1.165, 1.54) is 124 Å². The summed E-state index contributed by atoms with van der Waals surface area (Å²) in [6.45, 7) is 4.86. The molecule has 4 aromatic heterocycles. The van der Waals surface area contributed by atoms with Crippen molar-refractivity contribution in [2.45, 2.75) is 19.3 Å². The first-order chi connectivity index (χ1) is 36.0. The lowest BCUT2D eigenvalue weighted by molar-refractivity contribution is 0.662. The van der Waals surface area contributed by atoms with Crippen LogP contribution in [0.3, 0.4) is 0 Å². The lowest BCUT2D eigenvalue weighted by atomic mass is 9.81. The third kappa shape index (κ3) is 5.22. The highest BCUT2D eigenvalue weighted by atomic mass is 32.1.